The van der Waals surface area contributed by atoms with Crippen molar-refractivity contribution in [1.29, 1.82) is 0 Å². The normalized spacial score (nSPS) is 11.4. The molecule has 1 aromatic rings. The van der Waals surface area contributed by atoms with E-state index in [-0.39, 0.29) is 23.8 Å². The SMILES string of the molecule is CCN(CC(C)(C)O)C(=O)c1cccc(C)c1O. The van der Waals surface area contributed by atoms with Gasteiger partial charge in [-0.1, -0.05) is 12.1 Å². The molecule has 2 N–H and O–H groups in total. The lowest BCUT2D eigenvalue weighted by atomic mass is 10.1. The number of carbonyl (C=O) groups excluding carboxylic acids is 1. The highest BCUT2D eigenvalue weighted by Gasteiger charge is 2.24. The van der Waals surface area contributed by atoms with Crippen LogP contribution in [0.25, 0.3) is 0 Å². The summed E-state index contributed by atoms with van der Waals surface area (Å²) in [7, 11) is 0. The van der Waals surface area contributed by atoms with Crippen molar-refractivity contribution in [3.63, 3.8) is 0 Å². The summed E-state index contributed by atoms with van der Waals surface area (Å²) < 4.78 is 0. The number of hydrogen-bond donors (Lipinski definition) is 2. The second kappa shape index (κ2) is 5.40. The third-order valence-corrected chi connectivity index (χ3v) is 2.71. The minimum absolute atomic E-state index is 0.0108. The largest absolute Gasteiger partial charge is 0.507 e. The summed E-state index contributed by atoms with van der Waals surface area (Å²) in [5.41, 5.74) is -0.00765. The predicted molar refractivity (Wildman–Crippen MR) is 70.7 cm³/mol. The van der Waals surface area contributed by atoms with Crippen LogP contribution in [0.4, 0.5) is 0 Å². The maximum Gasteiger partial charge on any atom is 0.257 e. The van der Waals surface area contributed by atoms with E-state index in [0.29, 0.717) is 12.1 Å². The van der Waals surface area contributed by atoms with Crippen LogP contribution in [-0.2, 0) is 0 Å². The molecule has 0 aliphatic rings. The molecule has 18 heavy (non-hydrogen) atoms. The first-order valence-electron chi connectivity index (χ1n) is 6.06. The summed E-state index contributed by atoms with van der Waals surface area (Å²) in [5, 5.41) is 19.7. The van der Waals surface area contributed by atoms with Crippen molar-refractivity contribution in [1.82, 2.24) is 4.90 Å². The zero-order chi connectivity index (χ0) is 13.9. The molecule has 1 rings (SSSR count). The molecule has 0 saturated heterocycles. The number of aryl methyl sites for hydroxylation is 1. The van der Waals surface area contributed by atoms with Gasteiger partial charge in [-0.05, 0) is 39.3 Å². The number of carbonyl (C=O) groups is 1. The van der Waals surface area contributed by atoms with Gasteiger partial charge in [0.2, 0.25) is 0 Å². The van der Waals surface area contributed by atoms with Gasteiger partial charge in [-0.25, -0.2) is 0 Å². The Bertz CT molecular complexity index is 435. The van der Waals surface area contributed by atoms with Gasteiger partial charge >= 0.3 is 0 Å². The number of nitrogens with zero attached hydrogens (tertiary/aromatic N) is 1. The Morgan fingerprint density at radius 1 is 1.39 bits per heavy atom. The van der Waals surface area contributed by atoms with Crippen LogP contribution in [0.3, 0.4) is 0 Å². The van der Waals surface area contributed by atoms with Gasteiger partial charge in [0.25, 0.3) is 5.91 Å². The van der Waals surface area contributed by atoms with Gasteiger partial charge in [-0.3, -0.25) is 4.79 Å². The number of aromatic hydroxyl groups is 1. The minimum atomic E-state index is -0.953. The average molecular weight is 251 g/mol. The molecule has 0 aliphatic heterocycles. The molecule has 0 aromatic heterocycles. The minimum Gasteiger partial charge on any atom is -0.507 e. The molecule has 0 unspecified atom stereocenters. The highest BCUT2D eigenvalue weighted by Crippen LogP contribution is 2.23. The van der Waals surface area contributed by atoms with Crippen LogP contribution < -0.4 is 0 Å². The molecule has 0 saturated carbocycles. The average Bonchev–Trinajstić information content (AvgIpc) is 2.27. The number of phenols is 1. The van der Waals surface area contributed by atoms with Gasteiger partial charge in [0.05, 0.1) is 11.2 Å². The van der Waals surface area contributed by atoms with Crippen molar-refractivity contribution in [2.24, 2.45) is 0 Å². The molecule has 0 spiro atoms. The molecule has 4 heteroatoms. The van der Waals surface area contributed by atoms with Crippen LogP contribution in [0.2, 0.25) is 0 Å². The second-order valence-corrected chi connectivity index (χ2v) is 5.10. The summed E-state index contributed by atoms with van der Waals surface area (Å²) in [5.74, 6) is -0.252. The molecule has 100 valence electrons. The Hall–Kier alpha value is -1.55. The molecule has 0 fully saturated rings. The van der Waals surface area contributed by atoms with E-state index < -0.39 is 5.60 Å². The molecular formula is C14H21NO3. The number of aliphatic hydroxyl groups is 1. The smallest absolute Gasteiger partial charge is 0.257 e. The maximum atomic E-state index is 12.3. The number of likely N-dealkylation sites (N-methyl/N-ethyl adjacent to an activating group) is 1. The highest BCUT2D eigenvalue weighted by molar-refractivity contribution is 5.97. The Labute approximate surface area is 108 Å². The van der Waals surface area contributed by atoms with Crippen LogP contribution in [0.5, 0.6) is 5.75 Å². The van der Waals surface area contributed by atoms with Crippen molar-refractivity contribution >= 4 is 5.91 Å². The van der Waals surface area contributed by atoms with Gasteiger partial charge in [0, 0.05) is 13.1 Å². The quantitative estimate of drug-likeness (QED) is 0.859. The van der Waals surface area contributed by atoms with Crippen LogP contribution in [0.15, 0.2) is 18.2 Å². The number of hydrogen-bond acceptors (Lipinski definition) is 3. The maximum absolute atomic E-state index is 12.3. The van der Waals surface area contributed by atoms with Crippen molar-refractivity contribution in [3.8, 4) is 5.75 Å². The molecular weight excluding hydrogens is 230 g/mol. The van der Waals surface area contributed by atoms with E-state index >= 15 is 0 Å². The Morgan fingerprint density at radius 3 is 2.50 bits per heavy atom. The Morgan fingerprint density at radius 2 is 2.00 bits per heavy atom. The van der Waals surface area contributed by atoms with E-state index in [1.807, 2.05) is 6.92 Å². The van der Waals surface area contributed by atoms with Gasteiger partial charge in [-0.2, -0.15) is 0 Å². The molecule has 1 amide bonds. The van der Waals surface area contributed by atoms with Crippen LogP contribution in [-0.4, -0.2) is 39.7 Å². The number of para-hydroxylation sites is 1. The lowest BCUT2D eigenvalue weighted by molar-refractivity contribution is 0.0313. The number of rotatable bonds is 4. The highest BCUT2D eigenvalue weighted by atomic mass is 16.3. The molecule has 0 atom stereocenters. The molecule has 0 heterocycles. The monoisotopic (exact) mass is 251 g/mol. The first-order valence-corrected chi connectivity index (χ1v) is 6.06. The van der Waals surface area contributed by atoms with E-state index in [9.17, 15) is 15.0 Å². The van der Waals surface area contributed by atoms with Crippen LogP contribution in [0, 0.1) is 6.92 Å². The van der Waals surface area contributed by atoms with Gasteiger partial charge in [0.1, 0.15) is 5.75 Å². The molecule has 0 bridgehead atoms. The van der Waals surface area contributed by atoms with Crippen molar-refractivity contribution in [2.45, 2.75) is 33.3 Å². The first kappa shape index (κ1) is 14.5. The molecule has 0 aliphatic carbocycles. The fourth-order valence-corrected chi connectivity index (χ4v) is 1.80. The second-order valence-electron chi connectivity index (χ2n) is 5.10. The molecule has 4 nitrogen and oxygen atoms in total. The summed E-state index contributed by atoms with van der Waals surface area (Å²) in [6.07, 6.45) is 0. The van der Waals surface area contributed by atoms with Crippen molar-refractivity contribution in [2.75, 3.05) is 13.1 Å². The summed E-state index contributed by atoms with van der Waals surface area (Å²) in [6.45, 7) is 7.61. The summed E-state index contributed by atoms with van der Waals surface area (Å²) in [4.78, 5) is 13.8. The number of amides is 1. The van der Waals surface area contributed by atoms with Crippen molar-refractivity contribution in [3.05, 3.63) is 29.3 Å². The fraction of sp³-hybridized carbons (Fsp3) is 0.500. The Balaban J connectivity index is 3.01. The van der Waals surface area contributed by atoms with Crippen LogP contribution in [0.1, 0.15) is 36.7 Å². The zero-order valence-corrected chi connectivity index (χ0v) is 11.4. The number of phenolic OH excluding ortho intramolecular Hbond substituents is 1. The van der Waals surface area contributed by atoms with E-state index in [4.69, 9.17) is 0 Å². The van der Waals surface area contributed by atoms with Gasteiger partial charge in [-0.15, -0.1) is 0 Å². The van der Waals surface area contributed by atoms with Gasteiger partial charge in [0.15, 0.2) is 0 Å². The molecule has 1 aromatic carbocycles. The first-order chi connectivity index (χ1) is 8.26. The summed E-state index contributed by atoms with van der Waals surface area (Å²) in [6, 6.07) is 5.08. The van der Waals surface area contributed by atoms with E-state index in [2.05, 4.69) is 0 Å². The standard InChI is InChI=1S/C14H21NO3/c1-5-15(9-14(3,4)18)13(17)11-8-6-7-10(2)12(11)16/h6-8,16,18H,5,9H2,1-4H3. The molecule has 0 radical (unpaired) electrons. The third kappa shape index (κ3) is 3.47. The van der Waals surface area contributed by atoms with Crippen molar-refractivity contribution < 1.29 is 15.0 Å². The van der Waals surface area contributed by atoms with E-state index in [1.54, 1.807) is 39.0 Å². The lowest BCUT2D eigenvalue weighted by Crippen LogP contribution is -2.42. The lowest BCUT2D eigenvalue weighted by Gasteiger charge is -2.28. The van der Waals surface area contributed by atoms with Crippen LogP contribution >= 0.6 is 0 Å². The van der Waals surface area contributed by atoms with E-state index in [0.717, 1.165) is 0 Å². The van der Waals surface area contributed by atoms with Gasteiger partial charge < -0.3 is 15.1 Å². The topological polar surface area (TPSA) is 60.8 Å². The van der Waals surface area contributed by atoms with E-state index in [1.165, 1.54) is 4.90 Å². The number of benzene rings is 1. The predicted octanol–water partition coefficient (Wildman–Crippen LogP) is 1.93. The third-order valence-electron chi connectivity index (χ3n) is 2.71. The summed E-state index contributed by atoms with van der Waals surface area (Å²) >= 11 is 0. The zero-order valence-electron chi connectivity index (χ0n) is 11.4. The Kier molecular flexibility index (Phi) is 4.35. The fourth-order valence-electron chi connectivity index (χ4n) is 1.80.